The number of hydrogen-bond donors (Lipinski definition) is 0. The van der Waals surface area contributed by atoms with Gasteiger partial charge in [0.15, 0.2) is 6.67 Å². The van der Waals surface area contributed by atoms with Crippen LogP contribution in [0.2, 0.25) is 0 Å². The SMILES string of the molecule is Cc1ccc2c(n1)oc1cccc(C(C)(C)[N+]3(I)C=CN(c4cccn4C)C3)c12. The van der Waals surface area contributed by atoms with Crippen LogP contribution in [0.1, 0.15) is 25.1 Å². The number of rotatable bonds is 3. The highest BCUT2D eigenvalue weighted by Crippen LogP contribution is 2.47. The van der Waals surface area contributed by atoms with Crippen molar-refractivity contribution in [3.63, 3.8) is 0 Å². The summed E-state index contributed by atoms with van der Waals surface area (Å²) in [7, 11) is 2.09. The summed E-state index contributed by atoms with van der Waals surface area (Å²) in [6, 6.07) is 14.8. The highest BCUT2D eigenvalue weighted by atomic mass is 127. The van der Waals surface area contributed by atoms with Gasteiger partial charge in [-0.15, -0.1) is 0 Å². The van der Waals surface area contributed by atoms with Crippen LogP contribution >= 0.6 is 22.9 Å². The van der Waals surface area contributed by atoms with Gasteiger partial charge in [0, 0.05) is 35.3 Å². The molecule has 0 saturated heterocycles. The van der Waals surface area contributed by atoms with Crippen LogP contribution < -0.4 is 4.90 Å². The van der Waals surface area contributed by atoms with Crippen molar-refractivity contribution < 1.29 is 7.11 Å². The van der Waals surface area contributed by atoms with Crippen LogP contribution in [0.5, 0.6) is 0 Å². The second-order valence-corrected chi connectivity index (χ2v) is 10.0. The Kier molecular flexibility index (Phi) is 4.08. The lowest BCUT2D eigenvalue weighted by atomic mass is 9.89. The van der Waals surface area contributed by atoms with E-state index in [4.69, 9.17) is 4.42 Å². The van der Waals surface area contributed by atoms with E-state index in [9.17, 15) is 0 Å². The molecule has 0 aliphatic carbocycles. The minimum atomic E-state index is -0.182. The zero-order valence-electron chi connectivity index (χ0n) is 17.1. The molecule has 6 heteroatoms. The molecular formula is C23H24IN4O+. The van der Waals surface area contributed by atoms with Crippen LogP contribution in [0.25, 0.3) is 22.1 Å². The van der Waals surface area contributed by atoms with Crippen LogP contribution in [0.4, 0.5) is 5.82 Å². The summed E-state index contributed by atoms with van der Waals surface area (Å²) in [5, 5.41) is 2.25. The molecular weight excluding hydrogens is 475 g/mol. The molecule has 5 nitrogen and oxygen atoms in total. The zero-order valence-corrected chi connectivity index (χ0v) is 19.2. The molecule has 1 atom stereocenters. The lowest BCUT2D eigenvalue weighted by Gasteiger charge is -2.40. The zero-order chi connectivity index (χ0) is 20.4. The van der Waals surface area contributed by atoms with Crippen molar-refractivity contribution in [1.82, 2.24) is 9.55 Å². The Hall–Kier alpha value is -2.32. The Morgan fingerprint density at radius 2 is 1.97 bits per heavy atom. The third-order valence-corrected chi connectivity index (χ3v) is 7.97. The number of aromatic nitrogens is 2. The molecule has 0 amide bonds. The third kappa shape index (κ3) is 2.73. The minimum absolute atomic E-state index is 0.182. The summed E-state index contributed by atoms with van der Waals surface area (Å²) in [6.07, 6.45) is 6.57. The maximum Gasteiger partial charge on any atom is 0.256 e. The van der Waals surface area contributed by atoms with Gasteiger partial charge in [-0.25, -0.2) is 7.68 Å². The van der Waals surface area contributed by atoms with E-state index >= 15 is 0 Å². The summed E-state index contributed by atoms with van der Waals surface area (Å²) >= 11 is 2.58. The van der Waals surface area contributed by atoms with Gasteiger partial charge < -0.3 is 8.98 Å². The molecule has 4 aromatic rings. The molecule has 0 N–H and O–H groups in total. The first kappa shape index (κ1) is 18.7. The second kappa shape index (κ2) is 6.34. The van der Waals surface area contributed by atoms with E-state index in [-0.39, 0.29) is 5.54 Å². The summed E-state index contributed by atoms with van der Waals surface area (Å²) in [5.41, 5.74) is 3.67. The summed E-state index contributed by atoms with van der Waals surface area (Å²) in [6.45, 7) is 7.48. The molecule has 0 spiro atoms. The van der Waals surface area contributed by atoms with E-state index in [0.29, 0.717) is 5.71 Å². The normalized spacial score (nSPS) is 19.7. The van der Waals surface area contributed by atoms with Crippen LogP contribution in [0.15, 0.2) is 65.5 Å². The van der Waals surface area contributed by atoms with Crippen LogP contribution in [0, 0.1) is 6.92 Å². The maximum atomic E-state index is 6.11. The number of quaternary nitrogens is 1. The van der Waals surface area contributed by atoms with Crippen molar-refractivity contribution >= 4 is 50.8 Å². The molecule has 148 valence electrons. The molecule has 1 aliphatic heterocycles. The molecule has 5 rings (SSSR count). The maximum absolute atomic E-state index is 6.11. The fraction of sp³-hybridized carbons (Fsp3) is 0.261. The molecule has 1 unspecified atom stereocenters. The van der Waals surface area contributed by atoms with Gasteiger partial charge in [-0.2, -0.15) is 0 Å². The van der Waals surface area contributed by atoms with E-state index < -0.39 is 0 Å². The Balaban J connectivity index is 1.63. The number of anilines is 1. The van der Waals surface area contributed by atoms with Crippen LogP contribution in [-0.4, -0.2) is 18.9 Å². The number of fused-ring (bicyclic) bond motifs is 3. The van der Waals surface area contributed by atoms with Gasteiger partial charge in [-0.05, 0) is 51.1 Å². The number of furan rings is 1. The number of nitrogens with zero attached hydrogens (tertiary/aromatic N) is 4. The largest absolute Gasteiger partial charge is 0.438 e. The van der Waals surface area contributed by atoms with Gasteiger partial charge in [-0.1, -0.05) is 12.1 Å². The monoisotopic (exact) mass is 499 g/mol. The average Bonchev–Trinajstić information content (AvgIpc) is 3.37. The quantitative estimate of drug-likeness (QED) is 0.257. The number of pyridine rings is 1. The molecule has 29 heavy (non-hydrogen) atoms. The Bertz CT molecular complexity index is 1270. The number of hydrogen-bond acceptors (Lipinski definition) is 3. The van der Waals surface area contributed by atoms with E-state index in [1.165, 1.54) is 16.8 Å². The molecule has 1 aliphatic rings. The van der Waals surface area contributed by atoms with E-state index in [0.717, 1.165) is 26.0 Å². The van der Waals surface area contributed by atoms with Crippen LogP contribution in [0.3, 0.4) is 0 Å². The Morgan fingerprint density at radius 3 is 2.72 bits per heavy atom. The average molecular weight is 499 g/mol. The predicted molar refractivity (Wildman–Crippen MR) is 125 cm³/mol. The van der Waals surface area contributed by atoms with E-state index in [1.807, 2.05) is 13.0 Å². The molecule has 1 aromatic carbocycles. The highest BCUT2D eigenvalue weighted by molar-refractivity contribution is 14.1. The molecule has 0 radical (unpaired) electrons. The fourth-order valence-electron chi connectivity index (χ4n) is 4.27. The summed E-state index contributed by atoms with van der Waals surface area (Å²) in [4.78, 5) is 6.92. The molecule has 0 saturated carbocycles. The predicted octanol–water partition coefficient (Wildman–Crippen LogP) is 5.98. The minimum Gasteiger partial charge on any atom is -0.438 e. The van der Waals surface area contributed by atoms with Crippen molar-refractivity contribution in [2.45, 2.75) is 26.3 Å². The third-order valence-electron chi connectivity index (χ3n) is 6.14. The van der Waals surface area contributed by atoms with Gasteiger partial charge in [-0.3, -0.25) is 4.90 Å². The first-order chi connectivity index (χ1) is 13.8. The first-order valence-corrected chi connectivity index (χ1v) is 10.7. The number of aryl methyl sites for hydroxylation is 2. The smallest absolute Gasteiger partial charge is 0.256 e. The van der Waals surface area contributed by atoms with Crippen molar-refractivity contribution in [3.8, 4) is 0 Å². The number of halogens is 1. The Labute approximate surface area is 184 Å². The second-order valence-electron chi connectivity index (χ2n) is 8.30. The summed E-state index contributed by atoms with van der Waals surface area (Å²) in [5.74, 6) is 1.19. The Morgan fingerprint density at radius 1 is 1.14 bits per heavy atom. The van der Waals surface area contributed by atoms with E-state index in [1.54, 1.807) is 0 Å². The molecule has 3 aromatic heterocycles. The van der Waals surface area contributed by atoms with Gasteiger partial charge in [0.1, 0.15) is 23.1 Å². The van der Waals surface area contributed by atoms with Crippen molar-refractivity contribution in [3.05, 3.63) is 72.3 Å². The topological polar surface area (TPSA) is 34.2 Å². The standard InChI is InChI=1S/C23H24IN4O/c1-16-10-11-17-21-18(7-5-8-19(21)29-22(17)25-16)23(2,3)28(24)14-13-27(15-28)20-9-6-12-26(20)4/h5-14H,15H2,1-4H3/q+1. The van der Waals surface area contributed by atoms with Gasteiger partial charge in [0.05, 0.1) is 6.20 Å². The van der Waals surface area contributed by atoms with Crippen molar-refractivity contribution in [2.24, 2.45) is 7.05 Å². The molecule has 0 fully saturated rings. The van der Waals surface area contributed by atoms with Crippen molar-refractivity contribution in [2.75, 3.05) is 11.6 Å². The van der Waals surface area contributed by atoms with Gasteiger partial charge >= 0.3 is 0 Å². The van der Waals surface area contributed by atoms with E-state index in [2.05, 4.69) is 113 Å². The molecule has 4 heterocycles. The van der Waals surface area contributed by atoms with Crippen molar-refractivity contribution in [1.29, 1.82) is 0 Å². The number of benzene rings is 1. The lowest BCUT2D eigenvalue weighted by molar-refractivity contribution is -0.758. The fourth-order valence-corrected chi connectivity index (χ4v) is 5.01. The van der Waals surface area contributed by atoms with Gasteiger partial charge in [0.2, 0.25) is 5.71 Å². The summed E-state index contributed by atoms with van der Waals surface area (Å²) < 4.78 is 9.00. The van der Waals surface area contributed by atoms with Gasteiger partial charge in [0.25, 0.3) is 22.9 Å². The molecule has 0 bridgehead atoms. The first-order valence-electron chi connectivity index (χ1n) is 9.74. The highest BCUT2D eigenvalue weighted by Gasteiger charge is 2.48. The lowest BCUT2D eigenvalue weighted by Crippen LogP contribution is -2.49. The van der Waals surface area contributed by atoms with Crippen LogP contribution in [-0.2, 0) is 12.6 Å².